The summed E-state index contributed by atoms with van der Waals surface area (Å²) in [6.07, 6.45) is 1.21. The van der Waals surface area contributed by atoms with Crippen LogP contribution in [0.3, 0.4) is 0 Å². The molecule has 20 heavy (non-hydrogen) atoms. The lowest BCUT2D eigenvalue weighted by Crippen LogP contribution is -2.49. The third-order valence-electron chi connectivity index (χ3n) is 4.20. The van der Waals surface area contributed by atoms with Crippen molar-refractivity contribution in [3.05, 3.63) is 42.0 Å². The predicted molar refractivity (Wildman–Crippen MR) is 76.8 cm³/mol. The Morgan fingerprint density at radius 2 is 1.90 bits per heavy atom. The Hall–Kier alpha value is -2.36. The highest BCUT2D eigenvalue weighted by Crippen LogP contribution is 2.39. The van der Waals surface area contributed by atoms with Crippen molar-refractivity contribution >= 4 is 28.3 Å². The average molecular weight is 266 g/mol. The van der Waals surface area contributed by atoms with Crippen molar-refractivity contribution in [2.24, 2.45) is 0 Å². The number of rotatable bonds is 1. The van der Waals surface area contributed by atoms with Crippen LogP contribution in [-0.4, -0.2) is 24.4 Å². The highest BCUT2D eigenvalue weighted by molar-refractivity contribution is 6.25. The van der Waals surface area contributed by atoms with Gasteiger partial charge in [-0.15, -0.1) is 0 Å². The number of nitrogens with one attached hydrogen (secondary N) is 1. The summed E-state index contributed by atoms with van der Waals surface area (Å²) < 4.78 is 0. The summed E-state index contributed by atoms with van der Waals surface area (Å²) in [4.78, 5) is 25.8. The number of nitrogens with zero attached hydrogens (tertiary/aromatic N) is 1. The number of benzene rings is 2. The monoisotopic (exact) mass is 266 g/mol. The van der Waals surface area contributed by atoms with E-state index in [9.17, 15) is 9.59 Å². The van der Waals surface area contributed by atoms with Crippen molar-refractivity contribution in [2.75, 3.05) is 11.4 Å². The lowest BCUT2D eigenvalue weighted by atomic mass is 10.0. The zero-order valence-corrected chi connectivity index (χ0v) is 10.9. The molecule has 0 saturated carbocycles. The number of amides is 2. The zero-order valence-electron chi connectivity index (χ0n) is 10.9. The van der Waals surface area contributed by atoms with Gasteiger partial charge in [0.25, 0.3) is 5.91 Å². The molecule has 0 radical (unpaired) electrons. The van der Waals surface area contributed by atoms with Crippen molar-refractivity contribution in [3.63, 3.8) is 0 Å². The van der Waals surface area contributed by atoms with Gasteiger partial charge in [0.2, 0.25) is 5.91 Å². The fourth-order valence-corrected chi connectivity index (χ4v) is 3.24. The van der Waals surface area contributed by atoms with Crippen LogP contribution < -0.4 is 10.2 Å². The highest BCUT2D eigenvalue weighted by Gasteiger charge is 2.36. The first-order valence-corrected chi connectivity index (χ1v) is 6.88. The maximum absolute atomic E-state index is 12.7. The van der Waals surface area contributed by atoms with Crippen molar-refractivity contribution < 1.29 is 9.59 Å². The Kier molecular flexibility index (Phi) is 2.33. The van der Waals surface area contributed by atoms with E-state index >= 15 is 0 Å². The zero-order chi connectivity index (χ0) is 13.7. The van der Waals surface area contributed by atoms with Crippen molar-refractivity contribution in [1.82, 2.24) is 5.32 Å². The topological polar surface area (TPSA) is 49.4 Å². The molecule has 1 unspecified atom stereocenters. The van der Waals surface area contributed by atoms with E-state index in [1.54, 1.807) is 0 Å². The Labute approximate surface area is 116 Å². The number of piperidine rings is 1. The predicted octanol–water partition coefficient (Wildman–Crippen LogP) is 2.08. The van der Waals surface area contributed by atoms with Gasteiger partial charge in [0, 0.05) is 23.9 Å². The molecule has 1 saturated heterocycles. The number of anilines is 1. The van der Waals surface area contributed by atoms with Crippen LogP contribution in [0.4, 0.5) is 5.69 Å². The number of hydrogen-bond acceptors (Lipinski definition) is 2. The molecule has 4 heteroatoms. The summed E-state index contributed by atoms with van der Waals surface area (Å²) >= 11 is 0. The Morgan fingerprint density at radius 3 is 2.65 bits per heavy atom. The quantitative estimate of drug-likeness (QED) is 0.859. The summed E-state index contributed by atoms with van der Waals surface area (Å²) in [7, 11) is 0. The van der Waals surface area contributed by atoms with Crippen LogP contribution in [0.15, 0.2) is 36.4 Å². The van der Waals surface area contributed by atoms with E-state index in [0.717, 1.165) is 28.4 Å². The molecule has 2 heterocycles. The van der Waals surface area contributed by atoms with Gasteiger partial charge in [0.05, 0.1) is 11.7 Å². The van der Waals surface area contributed by atoms with Gasteiger partial charge in [-0.05, 0) is 23.9 Å². The Balaban J connectivity index is 1.83. The summed E-state index contributed by atoms with van der Waals surface area (Å²) in [5.41, 5.74) is 1.75. The van der Waals surface area contributed by atoms with Crippen LogP contribution in [0.5, 0.6) is 0 Å². The van der Waals surface area contributed by atoms with E-state index in [1.165, 1.54) is 0 Å². The van der Waals surface area contributed by atoms with E-state index in [0.29, 0.717) is 13.0 Å². The van der Waals surface area contributed by atoms with Gasteiger partial charge in [0.15, 0.2) is 0 Å². The summed E-state index contributed by atoms with van der Waals surface area (Å²) in [5, 5.41) is 4.99. The van der Waals surface area contributed by atoms with E-state index in [-0.39, 0.29) is 17.9 Å². The molecular weight excluding hydrogens is 252 g/mol. The molecule has 2 amide bonds. The summed E-state index contributed by atoms with van der Waals surface area (Å²) in [6.45, 7) is 0.537. The highest BCUT2D eigenvalue weighted by atomic mass is 16.2. The number of carbonyl (C=O) groups excluding carboxylic acids is 2. The van der Waals surface area contributed by atoms with Crippen molar-refractivity contribution in [3.8, 4) is 0 Å². The molecule has 1 N–H and O–H groups in total. The molecule has 4 rings (SSSR count). The largest absolute Gasteiger partial charge is 0.354 e. The van der Waals surface area contributed by atoms with Gasteiger partial charge < -0.3 is 10.2 Å². The molecule has 2 aromatic carbocycles. The fourth-order valence-electron chi connectivity index (χ4n) is 3.24. The van der Waals surface area contributed by atoms with Gasteiger partial charge in [-0.3, -0.25) is 9.59 Å². The molecule has 4 nitrogen and oxygen atoms in total. The van der Waals surface area contributed by atoms with Crippen LogP contribution in [0, 0.1) is 0 Å². The fraction of sp³-hybridized carbons (Fsp3) is 0.250. The minimum atomic E-state index is 0.0537. The molecule has 0 spiro atoms. The molecule has 1 atom stereocenters. The lowest BCUT2D eigenvalue weighted by Gasteiger charge is -2.31. The molecule has 0 bridgehead atoms. The van der Waals surface area contributed by atoms with E-state index in [2.05, 4.69) is 5.32 Å². The molecule has 100 valence electrons. The first-order valence-electron chi connectivity index (χ1n) is 6.88. The Bertz CT molecular complexity index is 723. The Morgan fingerprint density at radius 1 is 1.10 bits per heavy atom. The van der Waals surface area contributed by atoms with Gasteiger partial charge in [-0.1, -0.05) is 24.3 Å². The van der Waals surface area contributed by atoms with Gasteiger partial charge in [-0.2, -0.15) is 0 Å². The molecule has 1 fully saturated rings. The lowest BCUT2D eigenvalue weighted by molar-refractivity contribution is -0.122. The second-order valence-electron chi connectivity index (χ2n) is 5.35. The molecular formula is C16H14N2O2. The maximum Gasteiger partial charge on any atom is 0.259 e. The third-order valence-corrected chi connectivity index (χ3v) is 4.20. The molecule has 2 aliphatic rings. The van der Waals surface area contributed by atoms with E-state index in [1.807, 2.05) is 41.3 Å². The van der Waals surface area contributed by atoms with Gasteiger partial charge in [0.1, 0.15) is 0 Å². The summed E-state index contributed by atoms with van der Waals surface area (Å²) in [5.74, 6) is 0.126. The van der Waals surface area contributed by atoms with E-state index in [4.69, 9.17) is 0 Å². The van der Waals surface area contributed by atoms with Crippen LogP contribution in [0.2, 0.25) is 0 Å². The number of hydrogen-bond donors (Lipinski definition) is 1. The molecule has 2 aromatic rings. The van der Waals surface area contributed by atoms with Crippen LogP contribution in [-0.2, 0) is 4.79 Å². The smallest absolute Gasteiger partial charge is 0.259 e. The van der Waals surface area contributed by atoms with Crippen LogP contribution >= 0.6 is 0 Å². The second kappa shape index (κ2) is 4.07. The number of carbonyl (C=O) groups is 2. The van der Waals surface area contributed by atoms with E-state index < -0.39 is 0 Å². The van der Waals surface area contributed by atoms with Gasteiger partial charge >= 0.3 is 0 Å². The minimum absolute atomic E-state index is 0.0537. The van der Waals surface area contributed by atoms with Crippen LogP contribution in [0.1, 0.15) is 23.2 Å². The summed E-state index contributed by atoms with van der Waals surface area (Å²) in [6, 6.07) is 11.9. The maximum atomic E-state index is 12.7. The normalized spacial score (nSPS) is 21.4. The van der Waals surface area contributed by atoms with Crippen molar-refractivity contribution in [1.29, 1.82) is 0 Å². The molecule has 0 aliphatic carbocycles. The first kappa shape index (κ1) is 11.5. The standard InChI is InChI=1S/C16H14N2O2/c19-14-8-7-11(9-17-14)18-13-6-2-4-10-3-1-5-12(15(10)13)16(18)20/h1-6,11H,7-9H2,(H,17,19). The molecule has 2 aliphatic heterocycles. The molecule has 0 aromatic heterocycles. The van der Waals surface area contributed by atoms with Crippen LogP contribution in [0.25, 0.3) is 10.8 Å². The van der Waals surface area contributed by atoms with Gasteiger partial charge in [-0.25, -0.2) is 0 Å². The second-order valence-corrected chi connectivity index (χ2v) is 5.35. The average Bonchev–Trinajstić information content (AvgIpc) is 2.76. The SMILES string of the molecule is O=C1CCC(N2C(=O)c3cccc4cccc2c34)CN1. The minimum Gasteiger partial charge on any atom is -0.354 e. The third kappa shape index (κ3) is 1.48. The van der Waals surface area contributed by atoms with Crippen molar-refractivity contribution in [2.45, 2.75) is 18.9 Å². The first-order chi connectivity index (χ1) is 9.75.